The zero-order valence-corrected chi connectivity index (χ0v) is 17.7. The number of nitrogens with zero attached hydrogens (tertiary/aromatic N) is 1. The van der Waals surface area contributed by atoms with Crippen LogP contribution in [0.4, 0.5) is 0 Å². The van der Waals surface area contributed by atoms with Crippen LogP contribution in [0.1, 0.15) is 44.1 Å². The number of nitrogens with two attached hydrogens (primary N) is 1. The van der Waals surface area contributed by atoms with E-state index in [1.165, 1.54) is 4.90 Å². The van der Waals surface area contributed by atoms with Crippen LogP contribution in [-0.2, 0) is 35.3 Å². The first kappa shape index (κ1) is 23.2. The number of nitrogens with one attached hydrogen (secondary N) is 2. The number of benzene rings is 1. The van der Waals surface area contributed by atoms with Crippen LogP contribution in [0.5, 0.6) is 0 Å². The van der Waals surface area contributed by atoms with Gasteiger partial charge in [0.2, 0.25) is 23.6 Å². The highest BCUT2D eigenvalue weighted by Crippen LogP contribution is 2.20. The largest absolute Gasteiger partial charge is 0.461 e. The Kier molecular flexibility index (Phi) is 7.80. The standard InChI is InChI=1S/C22H28N4O6/c23-20(29)17-7-4-12-26(17)22(31)16(25-21(30)15-8-10-18(27)24-15)9-11-19(28)32-13-14-5-2-1-3-6-14/h1-3,5-6,15-17H,4,7-13H2,(H2,23,29)(H,24,27)(H,25,30)/t15-,16-,17-/m0/s1. The molecule has 10 nitrogen and oxygen atoms in total. The fourth-order valence-electron chi connectivity index (χ4n) is 3.94. The molecule has 0 bridgehead atoms. The monoisotopic (exact) mass is 444 g/mol. The van der Waals surface area contributed by atoms with Crippen molar-refractivity contribution in [3.63, 3.8) is 0 Å². The van der Waals surface area contributed by atoms with E-state index in [2.05, 4.69) is 10.6 Å². The van der Waals surface area contributed by atoms with Gasteiger partial charge >= 0.3 is 5.97 Å². The van der Waals surface area contributed by atoms with Crippen LogP contribution < -0.4 is 16.4 Å². The quantitative estimate of drug-likeness (QED) is 0.447. The number of amides is 4. The molecule has 32 heavy (non-hydrogen) atoms. The van der Waals surface area contributed by atoms with Crippen molar-refractivity contribution < 1.29 is 28.7 Å². The fraction of sp³-hybridized carbons (Fsp3) is 0.500. The number of carbonyl (C=O) groups is 5. The zero-order valence-electron chi connectivity index (χ0n) is 17.7. The SMILES string of the molecule is NC(=O)[C@@H]1CCCN1C(=O)[C@H](CCC(=O)OCc1ccccc1)NC(=O)[C@@H]1CCC(=O)N1. The highest BCUT2D eigenvalue weighted by atomic mass is 16.5. The van der Waals surface area contributed by atoms with E-state index in [0.29, 0.717) is 25.8 Å². The Balaban J connectivity index is 1.62. The molecule has 2 heterocycles. The van der Waals surface area contributed by atoms with Crippen molar-refractivity contribution in [3.8, 4) is 0 Å². The van der Waals surface area contributed by atoms with Crippen LogP contribution in [0.3, 0.4) is 0 Å². The molecule has 2 aliphatic rings. The molecule has 0 radical (unpaired) electrons. The maximum Gasteiger partial charge on any atom is 0.306 e. The summed E-state index contributed by atoms with van der Waals surface area (Å²) in [5.74, 6) is -2.32. The van der Waals surface area contributed by atoms with E-state index in [1.807, 2.05) is 30.3 Å². The normalized spacial score (nSPS) is 21.0. The number of esters is 1. The molecule has 2 aliphatic heterocycles. The van der Waals surface area contributed by atoms with Gasteiger partial charge in [-0.05, 0) is 31.2 Å². The number of rotatable bonds is 9. The molecular weight excluding hydrogens is 416 g/mol. The number of hydrogen-bond acceptors (Lipinski definition) is 6. The predicted octanol–water partition coefficient (Wildman–Crippen LogP) is -0.250. The maximum atomic E-state index is 13.1. The average molecular weight is 444 g/mol. The topological polar surface area (TPSA) is 148 Å². The van der Waals surface area contributed by atoms with Crippen molar-refractivity contribution in [2.75, 3.05) is 6.54 Å². The Bertz CT molecular complexity index is 874. The van der Waals surface area contributed by atoms with Gasteiger partial charge in [-0.15, -0.1) is 0 Å². The highest BCUT2D eigenvalue weighted by molar-refractivity contribution is 5.95. The van der Waals surface area contributed by atoms with Crippen LogP contribution in [0.25, 0.3) is 0 Å². The van der Waals surface area contributed by atoms with E-state index in [0.717, 1.165) is 5.56 Å². The Labute approximate surface area is 185 Å². The van der Waals surface area contributed by atoms with E-state index < -0.39 is 41.8 Å². The lowest BCUT2D eigenvalue weighted by molar-refractivity contribution is -0.146. The lowest BCUT2D eigenvalue weighted by atomic mass is 10.1. The van der Waals surface area contributed by atoms with Crippen molar-refractivity contribution >= 4 is 29.6 Å². The zero-order chi connectivity index (χ0) is 23.1. The number of likely N-dealkylation sites (tertiary alicyclic amines) is 1. The molecule has 0 saturated carbocycles. The summed E-state index contributed by atoms with van der Waals surface area (Å²) in [4.78, 5) is 62.4. The van der Waals surface area contributed by atoms with Crippen LogP contribution in [0, 0.1) is 0 Å². The minimum Gasteiger partial charge on any atom is -0.461 e. The first-order valence-electron chi connectivity index (χ1n) is 10.7. The molecule has 3 rings (SSSR count). The molecule has 4 amide bonds. The Morgan fingerprint density at radius 2 is 1.94 bits per heavy atom. The lowest BCUT2D eigenvalue weighted by Gasteiger charge is -2.28. The predicted molar refractivity (Wildman–Crippen MR) is 112 cm³/mol. The summed E-state index contributed by atoms with van der Waals surface area (Å²) in [6.45, 7) is 0.450. The van der Waals surface area contributed by atoms with Crippen molar-refractivity contribution in [2.45, 2.75) is 63.3 Å². The van der Waals surface area contributed by atoms with Crippen molar-refractivity contribution in [1.29, 1.82) is 0 Å². The van der Waals surface area contributed by atoms with Gasteiger partial charge in [0.15, 0.2) is 0 Å². The van der Waals surface area contributed by atoms with Crippen LogP contribution in [-0.4, -0.2) is 59.2 Å². The van der Waals surface area contributed by atoms with Gasteiger partial charge in [-0.25, -0.2) is 0 Å². The minimum absolute atomic E-state index is 0.000838. The van der Waals surface area contributed by atoms with Crippen LogP contribution in [0.15, 0.2) is 30.3 Å². The van der Waals surface area contributed by atoms with Crippen molar-refractivity contribution in [3.05, 3.63) is 35.9 Å². The Morgan fingerprint density at radius 1 is 1.19 bits per heavy atom. The second-order valence-corrected chi connectivity index (χ2v) is 8.00. The molecule has 0 spiro atoms. The molecule has 2 fully saturated rings. The van der Waals surface area contributed by atoms with Crippen LogP contribution in [0.2, 0.25) is 0 Å². The van der Waals surface area contributed by atoms with Gasteiger partial charge in [0.1, 0.15) is 24.7 Å². The second-order valence-electron chi connectivity index (χ2n) is 8.00. The molecular formula is C22H28N4O6. The molecule has 172 valence electrons. The van der Waals surface area contributed by atoms with E-state index in [9.17, 15) is 24.0 Å². The molecule has 3 atom stereocenters. The Morgan fingerprint density at radius 3 is 2.59 bits per heavy atom. The smallest absolute Gasteiger partial charge is 0.306 e. The second kappa shape index (κ2) is 10.7. The van der Waals surface area contributed by atoms with E-state index >= 15 is 0 Å². The molecule has 2 saturated heterocycles. The highest BCUT2D eigenvalue weighted by Gasteiger charge is 2.38. The summed E-state index contributed by atoms with van der Waals surface area (Å²) in [6.07, 6.45) is 1.55. The summed E-state index contributed by atoms with van der Waals surface area (Å²) in [5.41, 5.74) is 6.25. The summed E-state index contributed by atoms with van der Waals surface area (Å²) >= 11 is 0. The third kappa shape index (κ3) is 6.05. The van der Waals surface area contributed by atoms with Gasteiger partial charge < -0.3 is 26.0 Å². The molecule has 0 aliphatic carbocycles. The number of ether oxygens (including phenoxy) is 1. The molecule has 1 aromatic carbocycles. The molecule has 0 unspecified atom stereocenters. The summed E-state index contributed by atoms with van der Waals surface area (Å²) < 4.78 is 5.25. The van der Waals surface area contributed by atoms with Gasteiger partial charge in [-0.1, -0.05) is 30.3 Å². The average Bonchev–Trinajstić information content (AvgIpc) is 3.44. The van der Waals surface area contributed by atoms with Gasteiger partial charge in [0.05, 0.1) is 0 Å². The summed E-state index contributed by atoms with van der Waals surface area (Å²) in [7, 11) is 0. The molecule has 1 aromatic rings. The van der Waals surface area contributed by atoms with Crippen LogP contribution >= 0.6 is 0 Å². The maximum absolute atomic E-state index is 13.1. The minimum atomic E-state index is -1.04. The summed E-state index contributed by atoms with van der Waals surface area (Å²) in [5, 5.41) is 5.20. The van der Waals surface area contributed by atoms with E-state index in [1.54, 1.807) is 0 Å². The van der Waals surface area contributed by atoms with Crippen molar-refractivity contribution in [2.24, 2.45) is 5.73 Å². The van der Waals surface area contributed by atoms with E-state index in [4.69, 9.17) is 10.5 Å². The van der Waals surface area contributed by atoms with Gasteiger partial charge in [0, 0.05) is 19.4 Å². The van der Waals surface area contributed by atoms with Gasteiger partial charge in [-0.3, -0.25) is 24.0 Å². The van der Waals surface area contributed by atoms with Gasteiger partial charge in [0.25, 0.3) is 0 Å². The first-order valence-corrected chi connectivity index (χ1v) is 10.7. The fourth-order valence-corrected chi connectivity index (χ4v) is 3.94. The Hall–Kier alpha value is -3.43. The number of carbonyl (C=O) groups excluding carboxylic acids is 5. The third-order valence-electron chi connectivity index (χ3n) is 5.67. The van der Waals surface area contributed by atoms with Gasteiger partial charge in [-0.2, -0.15) is 0 Å². The molecule has 4 N–H and O–H groups in total. The van der Waals surface area contributed by atoms with E-state index in [-0.39, 0.29) is 31.8 Å². The first-order chi connectivity index (χ1) is 15.3. The van der Waals surface area contributed by atoms with Crippen molar-refractivity contribution in [1.82, 2.24) is 15.5 Å². The lowest BCUT2D eigenvalue weighted by Crippen LogP contribution is -2.55. The molecule has 10 heteroatoms. The third-order valence-corrected chi connectivity index (χ3v) is 5.67. The molecule has 0 aromatic heterocycles. The number of primary amides is 1. The number of hydrogen-bond donors (Lipinski definition) is 3. The summed E-state index contributed by atoms with van der Waals surface area (Å²) in [6, 6.07) is 6.67.